The van der Waals surface area contributed by atoms with E-state index in [1.54, 1.807) is 20.8 Å². The highest BCUT2D eigenvalue weighted by Gasteiger charge is 2.23. The number of ether oxygens (including phenoxy) is 1. The molecule has 5 rings (SSSR count). The third-order valence-electron chi connectivity index (χ3n) is 4.23. The van der Waals surface area contributed by atoms with Crippen LogP contribution in [0.4, 0.5) is 22.0 Å². The zero-order chi connectivity index (χ0) is 18.2. The van der Waals surface area contributed by atoms with Crippen molar-refractivity contribution in [2.24, 2.45) is 0 Å². The van der Waals surface area contributed by atoms with Gasteiger partial charge in [-0.05, 0) is 41.8 Å². The number of aromatic nitrogens is 4. The van der Waals surface area contributed by atoms with Crippen molar-refractivity contribution < 1.29 is 9.53 Å². The first-order valence-electron chi connectivity index (χ1n) is 8.34. The zero-order valence-electron chi connectivity index (χ0n) is 14.1. The summed E-state index contributed by atoms with van der Waals surface area (Å²) in [6, 6.07) is 13.3. The maximum atomic E-state index is 11.8. The molecule has 0 spiro atoms. The van der Waals surface area contributed by atoms with Crippen LogP contribution < -0.4 is 10.2 Å². The lowest BCUT2D eigenvalue weighted by Crippen LogP contribution is -2.23. The van der Waals surface area contributed by atoms with E-state index in [4.69, 9.17) is 4.74 Å². The highest BCUT2D eigenvalue weighted by Crippen LogP contribution is 2.25. The number of fused-ring (bicyclic) bond motifs is 1. The second kappa shape index (κ2) is 6.36. The van der Waals surface area contributed by atoms with E-state index < -0.39 is 0 Å². The third kappa shape index (κ3) is 2.87. The topological polar surface area (TPSA) is 84.6 Å². The van der Waals surface area contributed by atoms with Crippen molar-refractivity contribution in [2.45, 2.75) is 0 Å². The SMILES string of the molecule is O=C1OCCN1c1cccc(Nc2ccc3nnc(-c4ccsc4)n3n2)c1. The molecule has 1 aliphatic rings. The predicted molar refractivity (Wildman–Crippen MR) is 103 cm³/mol. The summed E-state index contributed by atoms with van der Waals surface area (Å²) in [7, 11) is 0. The molecular formula is C18H14N6O2S. The Morgan fingerprint density at radius 3 is 2.93 bits per heavy atom. The summed E-state index contributed by atoms with van der Waals surface area (Å²) in [5, 5.41) is 20.3. The number of anilines is 3. The molecule has 4 aromatic rings. The van der Waals surface area contributed by atoms with Crippen LogP contribution in [0.1, 0.15) is 0 Å². The lowest BCUT2D eigenvalue weighted by atomic mass is 10.2. The van der Waals surface area contributed by atoms with Crippen LogP contribution in [0.15, 0.2) is 53.2 Å². The van der Waals surface area contributed by atoms with Gasteiger partial charge in [0, 0.05) is 22.3 Å². The summed E-state index contributed by atoms with van der Waals surface area (Å²) in [5.41, 5.74) is 3.26. The van der Waals surface area contributed by atoms with E-state index in [2.05, 4.69) is 20.6 Å². The summed E-state index contributed by atoms with van der Waals surface area (Å²) in [6.07, 6.45) is -0.323. The van der Waals surface area contributed by atoms with Gasteiger partial charge in [0.25, 0.3) is 0 Å². The molecule has 134 valence electrons. The van der Waals surface area contributed by atoms with Gasteiger partial charge < -0.3 is 10.1 Å². The van der Waals surface area contributed by atoms with Gasteiger partial charge in [-0.25, -0.2) is 4.79 Å². The molecule has 0 atom stereocenters. The zero-order valence-corrected chi connectivity index (χ0v) is 14.9. The molecule has 0 saturated carbocycles. The molecule has 1 N–H and O–H groups in total. The number of nitrogens with one attached hydrogen (secondary N) is 1. The van der Waals surface area contributed by atoms with Gasteiger partial charge in [0.1, 0.15) is 6.61 Å². The van der Waals surface area contributed by atoms with Gasteiger partial charge >= 0.3 is 6.09 Å². The number of thiophene rings is 1. The Kier molecular flexibility index (Phi) is 3.72. The van der Waals surface area contributed by atoms with E-state index in [1.165, 1.54) is 0 Å². The average Bonchev–Trinajstić information content (AvgIpc) is 3.42. The van der Waals surface area contributed by atoms with Crippen LogP contribution in [-0.2, 0) is 4.74 Å². The van der Waals surface area contributed by atoms with Gasteiger partial charge in [-0.1, -0.05) is 6.07 Å². The highest BCUT2D eigenvalue weighted by atomic mass is 32.1. The average molecular weight is 378 g/mol. The maximum absolute atomic E-state index is 11.8. The second-order valence-electron chi connectivity index (χ2n) is 5.97. The minimum Gasteiger partial charge on any atom is -0.447 e. The second-order valence-corrected chi connectivity index (χ2v) is 6.75. The predicted octanol–water partition coefficient (Wildman–Crippen LogP) is 3.55. The normalized spacial score (nSPS) is 13.9. The Hall–Kier alpha value is -3.46. The van der Waals surface area contributed by atoms with Crippen molar-refractivity contribution in [3.8, 4) is 11.4 Å². The number of amides is 1. The van der Waals surface area contributed by atoms with Gasteiger partial charge in [-0.3, -0.25) is 4.90 Å². The first-order chi connectivity index (χ1) is 13.3. The van der Waals surface area contributed by atoms with Crippen molar-refractivity contribution in [3.63, 3.8) is 0 Å². The molecule has 0 aliphatic carbocycles. The summed E-state index contributed by atoms with van der Waals surface area (Å²) < 4.78 is 6.72. The molecule has 0 unspecified atom stereocenters. The Balaban J connectivity index is 1.46. The smallest absolute Gasteiger partial charge is 0.414 e. The van der Waals surface area contributed by atoms with E-state index in [9.17, 15) is 4.79 Å². The molecule has 0 bridgehead atoms. The van der Waals surface area contributed by atoms with Gasteiger partial charge in [0.15, 0.2) is 17.3 Å². The molecule has 4 heterocycles. The van der Waals surface area contributed by atoms with Crippen LogP contribution in [0.2, 0.25) is 0 Å². The van der Waals surface area contributed by atoms with Crippen molar-refractivity contribution in [2.75, 3.05) is 23.4 Å². The molecule has 0 radical (unpaired) electrons. The van der Waals surface area contributed by atoms with Gasteiger partial charge in [-0.15, -0.1) is 15.3 Å². The molecule has 1 fully saturated rings. The highest BCUT2D eigenvalue weighted by molar-refractivity contribution is 7.08. The number of rotatable bonds is 4. The van der Waals surface area contributed by atoms with Crippen LogP contribution in [0.5, 0.6) is 0 Å². The fraction of sp³-hybridized carbons (Fsp3) is 0.111. The lowest BCUT2D eigenvalue weighted by Gasteiger charge is -2.14. The van der Waals surface area contributed by atoms with E-state index >= 15 is 0 Å². The fourth-order valence-corrected chi connectivity index (χ4v) is 3.59. The van der Waals surface area contributed by atoms with Crippen molar-refractivity contribution in [1.29, 1.82) is 0 Å². The minimum atomic E-state index is -0.323. The Morgan fingerprint density at radius 2 is 2.11 bits per heavy atom. The molecule has 27 heavy (non-hydrogen) atoms. The van der Waals surface area contributed by atoms with Crippen LogP contribution in [0.25, 0.3) is 17.0 Å². The fourth-order valence-electron chi connectivity index (χ4n) is 2.95. The van der Waals surface area contributed by atoms with E-state index in [1.807, 2.05) is 53.2 Å². The lowest BCUT2D eigenvalue weighted by molar-refractivity contribution is 0.181. The quantitative estimate of drug-likeness (QED) is 0.585. The summed E-state index contributed by atoms with van der Waals surface area (Å²) in [5.74, 6) is 1.35. The molecule has 9 heteroatoms. The minimum absolute atomic E-state index is 0.323. The van der Waals surface area contributed by atoms with E-state index in [0.717, 1.165) is 16.9 Å². The molecule has 1 saturated heterocycles. The summed E-state index contributed by atoms with van der Waals surface area (Å²) in [6.45, 7) is 0.963. The maximum Gasteiger partial charge on any atom is 0.414 e. The molecular weight excluding hydrogens is 364 g/mol. The van der Waals surface area contributed by atoms with Gasteiger partial charge in [-0.2, -0.15) is 15.9 Å². The molecule has 1 amide bonds. The Labute approximate surface area is 158 Å². The van der Waals surface area contributed by atoms with Crippen molar-refractivity contribution >= 4 is 40.3 Å². The number of benzene rings is 1. The van der Waals surface area contributed by atoms with Crippen molar-refractivity contribution in [1.82, 2.24) is 19.8 Å². The first kappa shape index (κ1) is 15.8. The largest absolute Gasteiger partial charge is 0.447 e. The van der Waals surface area contributed by atoms with Crippen LogP contribution in [-0.4, -0.2) is 39.1 Å². The summed E-state index contributed by atoms with van der Waals surface area (Å²) >= 11 is 1.60. The molecule has 3 aromatic heterocycles. The number of hydrogen-bond acceptors (Lipinski definition) is 7. The molecule has 8 nitrogen and oxygen atoms in total. The number of carbonyl (C=O) groups is 1. The third-order valence-corrected chi connectivity index (χ3v) is 4.92. The van der Waals surface area contributed by atoms with Crippen LogP contribution in [0, 0.1) is 0 Å². The number of hydrogen-bond donors (Lipinski definition) is 1. The number of nitrogens with zero attached hydrogens (tertiary/aromatic N) is 5. The summed E-state index contributed by atoms with van der Waals surface area (Å²) in [4.78, 5) is 13.4. The number of cyclic esters (lactones) is 1. The van der Waals surface area contributed by atoms with Crippen molar-refractivity contribution in [3.05, 3.63) is 53.2 Å². The van der Waals surface area contributed by atoms with E-state index in [0.29, 0.717) is 30.4 Å². The standard InChI is InChI=1S/C18H14N6O2S/c25-18-23(7-8-26-18)14-3-1-2-13(10-14)19-15-4-5-16-20-21-17(24(16)22-15)12-6-9-27-11-12/h1-6,9-11H,7-8H2,(H,19,22). The molecule has 1 aliphatic heterocycles. The van der Waals surface area contributed by atoms with Crippen LogP contribution in [0.3, 0.4) is 0 Å². The van der Waals surface area contributed by atoms with Gasteiger partial charge in [0.2, 0.25) is 0 Å². The Bertz CT molecular complexity index is 1120. The Morgan fingerprint density at radius 1 is 1.15 bits per heavy atom. The molecule has 1 aromatic carbocycles. The monoisotopic (exact) mass is 378 g/mol. The van der Waals surface area contributed by atoms with Crippen LogP contribution >= 0.6 is 11.3 Å². The van der Waals surface area contributed by atoms with Gasteiger partial charge in [0.05, 0.1) is 6.54 Å². The first-order valence-corrected chi connectivity index (χ1v) is 9.29. The van der Waals surface area contributed by atoms with E-state index in [-0.39, 0.29) is 6.09 Å². The number of carbonyl (C=O) groups excluding carboxylic acids is 1.